The molecule has 0 aromatic carbocycles. The predicted molar refractivity (Wildman–Crippen MR) is 64.3 cm³/mol. The van der Waals surface area contributed by atoms with E-state index in [1.54, 1.807) is 0 Å². The highest BCUT2D eigenvalue weighted by molar-refractivity contribution is 5.72. The van der Waals surface area contributed by atoms with Gasteiger partial charge in [0.1, 0.15) is 5.82 Å². The SMILES string of the molecule is CC(C)CNc1ccc2c(n1)NC(C)N2. The van der Waals surface area contributed by atoms with Crippen molar-refractivity contribution in [3.63, 3.8) is 0 Å². The largest absolute Gasteiger partial charge is 0.370 e. The lowest BCUT2D eigenvalue weighted by Gasteiger charge is -2.08. The quantitative estimate of drug-likeness (QED) is 0.710. The van der Waals surface area contributed by atoms with Gasteiger partial charge in [-0.3, -0.25) is 0 Å². The highest BCUT2D eigenvalue weighted by Gasteiger charge is 2.16. The third-order valence-corrected chi connectivity index (χ3v) is 2.31. The zero-order chi connectivity index (χ0) is 10.8. The van der Waals surface area contributed by atoms with Gasteiger partial charge in [-0.25, -0.2) is 4.98 Å². The molecule has 0 fully saturated rings. The van der Waals surface area contributed by atoms with Gasteiger partial charge in [0.2, 0.25) is 0 Å². The van der Waals surface area contributed by atoms with Crippen LogP contribution in [-0.2, 0) is 0 Å². The van der Waals surface area contributed by atoms with E-state index in [9.17, 15) is 0 Å². The Morgan fingerprint density at radius 1 is 1.40 bits per heavy atom. The molecule has 2 rings (SSSR count). The first-order chi connectivity index (χ1) is 7.15. The van der Waals surface area contributed by atoms with Crippen LogP contribution in [0, 0.1) is 5.92 Å². The van der Waals surface area contributed by atoms with E-state index < -0.39 is 0 Å². The zero-order valence-electron chi connectivity index (χ0n) is 9.46. The normalized spacial score (nSPS) is 18.3. The Morgan fingerprint density at radius 2 is 2.20 bits per heavy atom. The molecule has 1 aromatic rings. The van der Waals surface area contributed by atoms with Crippen molar-refractivity contribution < 1.29 is 0 Å². The molecule has 0 saturated heterocycles. The minimum absolute atomic E-state index is 0.271. The van der Waals surface area contributed by atoms with E-state index in [1.807, 2.05) is 6.07 Å². The summed E-state index contributed by atoms with van der Waals surface area (Å²) in [6.07, 6.45) is 0.271. The summed E-state index contributed by atoms with van der Waals surface area (Å²) in [7, 11) is 0. The van der Waals surface area contributed by atoms with Crippen LogP contribution in [0.25, 0.3) is 0 Å². The van der Waals surface area contributed by atoms with Gasteiger partial charge in [-0.1, -0.05) is 13.8 Å². The maximum atomic E-state index is 4.49. The molecule has 15 heavy (non-hydrogen) atoms. The number of anilines is 3. The standard InChI is InChI=1S/C11H18N4/c1-7(2)6-12-10-5-4-9-11(15-10)14-8(3)13-9/h4-5,7-8,13H,6H2,1-3H3,(H2,12,14,15). The second kappa shape index (κ2) is 3.96. The number of hydrogen-bond donors (Lipinski definition) is 3. The second-order valence-corrected chi connectivity index (χ2v) is 4.38. The van der Waals surface area contributed by atoms with Crippen molar-refractivity contribution in [1.82, 2.24) is 4.98 Å². The average Bonchev–Trinajstić information content (AvgIpc) is 2.53. The Labute approximate surface area is 90.5 Å². The Kier molecular flexibility index (Phi) is 2.66. The van der Waals surface area contributed by atoms with Crippen molar-refractivity contribution in [3.8, 4) is 0 Å². The maximum absolute atomic E-state index is 4.49. The summed E-state index contributed by atoms with van der Waals surface area (Å²) in [5.41, 5.74) is 1.08. The van der Waals surface area contributed by atoms with E-state index in [4.69, 9.17) is 0 Å². The molecule has 1 aliphatic rings. The summed E-state index contributed by atoms with van der Waals surface area (Å²) in [6.45, 7) is 7.39. The minimum atomic E-state index is 0.271. The lowest BCUT2D eigenvalue weighted by molar-refractivity contribution is 0.687. The van der Waals surface area contributed by atoms with E-state index in [-0.39, 0.29) is 6.17 Å². The molecule has 0 amide bonds. The maximum Gasteiger partial charge on any atom is 0.153 e. The Bertz CT molecular complexity index is 348. The molecule has 1 unspecified atom stereocenters. The Balaban J connectivity index is 2.06. The van der Waals surface area contributed by atoms with Crippen molar-refractivity contribution in [2.75, 3.05) is 22.5 Å². The zero-order valence-corrected chi connectivity index (χ0v) is 9.46. The van der Waals surface area contributed by atoms with Crippen molar-refractivity contribution in [1.29, 1.82) is 0 Å². The molecule has 0 spiro atoms. The van der Waals surface area contributed by atoms with Crippen molar-refractivity contribution in [2.45, 2.75) is 26.9 Å². The number of fused-ring (bicyclic) bond motifs is 1. The summed E-state index contributed by atoms with van der Waals surface area (Å²) >= 11 is 0. The summed E-state index contributed by atoms with van der Waals surface area (Å²) in [4.78, 5) is 4.49. The molecule has 4 nitrogen and oxygen atoms in total. The number of hydrogen-bond acceptors (Lipinski definition) is 4. The van der Waals surface area contributed by atoms with Gasteiger partial charge in [0.05, 0.1) is 11.9 Å². The van der Waals surface area contributed by atoms with Crippen LogP contribution in [0.2, 0.25) is 0 Å². The Hall–Kier alpha value is -1.45. The number of pyridine rings is 1. The lowest BCUT2D eigenvalue weighted by Crippen LogP contribution is -2.16. The van der Waals surface area contributed by atoms with Crippen LogP contribution in [0.3, 0.4) is 0 Å². The van der Waals surface area contributed by atoms with Gasteiger partial charge >= 0.3 is 0 Å². The monoisotopic (exact) mass is 206 g/mol. The fraction of sp³-hybridized carbons (Fsp3) is 0.545. The van der Waals surface area contributed by atoms with Gasteiger partial charge in [0.15, 0.2) is 5.82 Å². The lowest BCUT2D eigenvalue weighted by atomic mass is 10.2. The summed E-state index contributed by atoms with van der Waals surface area (Å²) in [5.74, 6) is 2.51. The van der Waals surface area contributed by atoms with E-state index in [0.29, 0.717) is 5.92 Å². The molecule has 1 aliphatic heterocycles. The topological polar surface area (TPSA) is 49.0 Å². The van der Waals surface area contributed by atoms with Crippen LogP contribution in [0.1, 0.15) is 20.8 Å². The molecule has 0 radical (unpaired) electrons. The molecule has 0 bridgehead atoms. The van der Waals surface area contributed by atoms with Crippen molar-refractivity contribution in [3.05, 3.63) is 12.1 Å². The van der Waals surface area contributed by atoms with Gasteiger partial charge in [-0.15, -0.1) is 0 Å². The fourth-order valence-electron chi connectivity index (χ4n) is 1.57. The third kappa shape index (κ3) is 2.32. The van der Waals surface area contributed by atoms with Crippen LogP contribution < -0.4 is 16.0 Å². The first-order valence-electron chi connectivity index (χ1n) is 5.43. The molecule has 3 N–H and O–H groups in total. The van der Waals surface area contributed by atoms with Crippen LogP contribution in [0.5, 0.6) is 0 Å². The molecule has 82 valence electrons. The molecular formula is C11H18N4. The molecule has 2 heterocycles. The average molecular weight is 206 g/mol. The summed E-state index contributed by atoms with van der Waals surface area (Å²) in [5, 5.41) is 9.86. The fourth-order valence-corrected chi connectivity index (χ4v) is 1.57. The smallest absolute Gasteiger partial charge is 0.153 e. The minimum Gasteiger partial charge on any atom is -0.370 e. The molecule has 1 aromatic heterocycles. The number of rotatable bonds is 3. The Morgan fingerprint density at radius 3 is 2.93 bits per heavy atom. The third-order valence-electron chi connectivity index (χ3n) is 2.31. The van der Waals surface area contributed by atoms with Gasteiger partial charge in [0, 0.05) is 6.54 Å². The first-order valence-corrected chi connectivity index (χ1v) is 5.43. The molecule has 0 aliphatic carbocycles. The summed E-state index contributed by atoms with van der Waals surface area (Å²) in [6, 6.07) is 4.06. The van der Waals surface area contributed by atoms with Crippen LogP contribution in [-0.4, -0.2) is 17.7 Å². The van der Waals surface area contributed by atoms with Crippen LogP contribution in [0.4, 0.5) is 17.3 Å². The second-order valence-electron chi connectivity index (χ2n) is 4.38. The van der Waals surface area contributed by atoms with E-state index >= 15 is 0 Å². The first kappa shape index (κ1) is 10.1. The van der Waals surface area contributed by atoms with Crippen molar-refractivity contribution in [2.24, 2.45) is 5.92 Å². The number of aromatic nitrogens is 1. The van der Waals surface area contributed by atoms with E-state index in [2.05, 4.69) is 47.8 Å². The van der Waals surface area contributed by atoms with Gasteiger partial charge in [-0.05, 0) is 25.0 Å². The molecular weight excluding hydrogens is 188 g/mol. The van der Waals surface area contributed by atoms with Crippen LogP contribution in [0.15, 0.2) is 12.1 Å². The highest BCUT2D eigenvalue weighted by Crippen LogP contribution is 2.27. The van der Waals surface area contributed by atoms with Gasteiger partial charge in [0.25, 0.3) is 0 Å². The number of nitrogens with one attached hydrogen (secondary N) is 3. The molecule has 4 heteroatoms. The van der Waals surface area contributed by atoms with Crippen LogP contribution >= 0.6 is 0 Å². The number of nitrogens with zero attached hydrogens (tertiary/aromatic N) is 1. The van der Waals surface area contributed by atoms with E-state index in [0.717, 1.165) is 23.9 Å². The summed E-state index contributed by atoms with van der Waals surface area (Å²) < 4.78 is 0. The highest BCUT2D eigenvalue weighted by atomic mass is 15.2. The van der Waals surface area contributed by atoms with Gasteiger partial charge in [-0.2, -0.15) is 0 Å². The molecule has 1 atom stereocenters. The van der Waals surface area contributed by atoms with Gasteiger partial charge < -0.3 is 16.0 Å². The predicted octanol–water partition coefficient (Wildman–Crippen LogP) is 2.33. The van der Waals surface area contributed by atoms with Crippen molar-refractivity contribution >= 4 is 17.3 Å². The van der Waals surface area contributed by atoms with E-state index in [1.165, 1.54) is 0 Å². The molecule has 0 saturated carbocycles.